The Morgan fingerprint density at radius 3 is 1.83 bits per heavy atom. The Morgan fingerprint density at radius 1 is 0.767 bits per heavy atom. The topological polar surface area (TPSA) is 63.6 Å². The zero-order valence-corrected chi connectivity index (χ0v) is 19.4. The van der Waals surface area contributed by atoms with Crippen LogP contribution in [0.4, 0.5) is 0 Å². The summed E-state index contributed by atoms with van der Waals surface area (Å²) in [5, 5.41) is 9.27. The summed E-state index contributed by atoms with van der Waals surface area (Å²) in [6, 6.07) is 0. The zero-order chi connectivity index (χ0) is 21.9. The molecule has 30 heavy (non-hydrogen) atoms. The molecule has 1 fully saturated rings. The van der Waals surface area contributed by atoms with Crippen molar-refractivity contribution in [3.8, 4) is 0 Å². The Hall–Kier alpha value is -1.32. The van der Waals surface area contributed by atoms with Gasteiger partial charge in [-0.2, -0.15) is 0 Å². The average molecular weight is 423 g/mol. The molecule has 0 aliphatic heterocycles. The van der Waals surface area contributed by atoms with E-state index in [4.69, 9.17) is 4.74 Å². The lowest BCUT2D eigenvalue weighted by Gasteiger charge is -2.26. The third kappa shape index (κ3) is 13.1. The van der Waals surface area contributed by atoms with Gasteiger partial charge in [-0.05, 0) is 44.9 Å². The fourth-order valence-electron chi connectivity index (χ4n) is 4.34. The molecule has 0 aromatic rings. The van der Waals surface area contributed by atoms with Crippen LogP contribution in [0.1, 0.15) is 122 Å². The van der Waals surface area contributed by atoms with E-state index < -0.39 is 17.8 Å². The van der Waals surface area contributed by atoms with E-state index in [2.05, 4.69) is 19.1 Å². The van der Waals surface area contributed by atoms with Crippen molar-refractivity contribution in [1.82, 2.24) is 0 Å². The fraction of sp³-hybridized carbons (Fsp3) is 0.846. The second-order valence-corrected chi connectivity index (χ2v) is 8.94. The average Bonchev–Trinajstić information content (AvgIpc) is 2.75. The van der Waals surface area contributed by atoms with Crippen LogP contribution in [0.2, 0.25) is 0 Å². The van der Waals surface area contributed by atoms with E-state index in [0.717, 1.165) is 25.7 Å². The summed E-state index contributed by atoms with van der Waals surface area (Å²) in [7, 11) is 0. The van der Waals surface area contributed by atoms with E-state index in [1.54, 1.807) is 0 Å². The van der Waals surface area contributed by atoms with E-state index in [-0.39, 0.29) is 5.97 Å². The first-order valence-electron chi connectivity index (χ1n) is 12.7. The second kappa shape index (κ2) is 18.4. The fourth-order valence-corrected chi connectivity index (χ4v) is 4.34. The number of unbranched alkanes of at least 4 members (excludes halogenated alkanes) is 12. The zero-order valence-electron chi connectivity index (χ0n) is 19.4. The maximum Gasteiger partial charge on any atom is 0.309 e. The minimum atomic E-state index is -0.852. The predicted molar refractivity (Wildman–Crippen MR) is 123 cm³/mol. The van der Waals surface area contributed by atoms with Gasteiger partial charge in [-0.1, -0.05) is 89.7 Å². The van der Waals surface area contributed by atoms with Crippen LogP contribution in [0.5, 0.6) is 0 Å². The SMILES string of the molecule is CCCCCC/C=C/CCCCCCCCCCOC(=O)C1CCCCC1C(=O)O. The van der Waals surface area contributed by atoms with Gasteiger partial charge in [-0.25, -0.2) is 0 Å². The van der Waals surface area contributed by atoms with Crippen LogP contribution in [-0.2, 0) is 14.3 Å². The Morgan fingerprint density at radius 2 is 1.27 bits per heavy atom. The standard InChI is InChI=1S/C26H46O4/c1-2-3-4-5-6-7-8-9-10-11-12-13-14-15-16-19-22-30-26(29)24-21-18-17-20-23(24)25(27)28/h7-8,23-24H,2-6,9-22H2,1H3,(H,27,28)/b8-7+. The quantitative estimate of drug-likeness (QED) is 0.141. The normalized spacial score (nSPS) is 19.2. The number of ether oxygens (including phenoxy) is 1. The number of hydrogen-bond donors (Lipinski definition) is 1. The van der Waals surface area contributed by atoms with Crippen LogP contribution < -0.4 is 0 Å². The first-order chi connectivity index (χ1) is 14.7. The van der Waals surface area contributed by atoms with Crippen LogP contribution in [-0.4, -0.2) is 23.7 Å². The molecular weight excluding hydrogens is 376 g/mol. The molecule has 1 aliphatic rings. The van der Waals surface area contributed by atoms with E-state index in [0.29, 0.717) is 19.4 Å². The number of carbonyl (C=O) groups is 2. The van der Waals surface area contributed by atoms with Crippen molar-refractivity contribution in [2.75, 3.05) is 6.61 Å². The molecule has 0 radical (unpaired) electrons. The number of aliphatic carboxylic acids is 1. The highest BCUT2D eigenvalue weighted by Gasteiger charge is 2.36. The van der Waals surface area contributed by atoms with Crippen molar-refractivity contribution in [3.05, 3.63) is 12.2 Å². The van der Waals surface area contributed by atoms with Crippen LogP contribution in [0.15, 0.2) is 12.2 Å². The van der Waals surface area contributed by atoms with E-state index in [1.165, 1.54) is 77.0 Å². The monoisotopic (exact) mass is 422 g/mol. The summed E-state index contributed by atoms with van der Waals surface area (Å²) in [5.74, 6) is -2.13. The lowest BCUT2D eigenvalue weighted by Crippen LogP contribution is -2.33. The summed E-state index contributed by atoms with van der Waals surface area (Å²) >= 11 is 0. The van der Waals surface area contributed by atoms with Crippen LogP contribution in [0, 0.1) is 11.8 Å². The summed E-state index contributed by atoms with van der Waals surface area (Å²) in [5.41, 5.74) is 0. The minimum absolute atomic E-state index is 0.294. The Bertz CT molecular complexity index is 472. The van der Waals surface area contributed by atoms with Crippen molar-refractivity contribution < 1.29 is 19.4 Å². The molecule has 2 atom stereocenters. The van der Waals surface area contributed by atoms with Gasteiger partial charge >= 0.3 is 11.9 Å². The van der Waals surface area contributed by atoms with Gasteiger partial charge in [0.1, 0.15) is 0 Å². The third-order valence-corrected chi connectivity index (χ3v) is 6.29. The molecule has 0 spiro atoms. The Balaban J connectivity index is 1.88. The van der Waals surface area contributed by atoms with Crippen LogP contribution >= 0.6 is 0 Å². The second-order valence-electron chi connectivity index (χ2n) is 8.94. The highest BCUT2D eigenvalue weighted by Crippen LogP contribution is 2.31. The van der Waals surface area contributed by atoms with Crippen molar-refractivity contribution in [1.29, 1.82) is 0 Å². The molecule has 0 aromatic heterocycles. The molecule has 0 aromatic carbocycles. The predicted octanol–water partition coefficient (Wildman–Crippen LogP) is 7.46. The smallest absolute Gasteiger partial charge is 0.309 e. The van der Waals surface area contributed by atoms with Crippen molar-refractivity contribution >= 4 is 11.9 Å². The molecule has 0 heterocycles. The molecule has 0 amide bonds. The number of rotatable bonds is 18. The van der Waals surface area contributed by atoms with E-state index >= 15 is 0 Å². The van der Waals surface area contributed by atoms with Gasteiger partial charge in [-0.3, -0.25) is 9.59 Å². The highest BCUT2D eigenvalue weighted by atomic mass is 16.5. The van der Waals surface area contributed by atoms with Gasteiger partial charge < -0.3 is 9.84 Å². The molecule has 4 heteroatoms. The van der Waals surface area contributed by atoms with Gasteiger partial charge in [0.15, 0.2) is 0 Å². The lowest BCUT2D eigenvalue weighted by molar-refractivity contribution is -0.159. The molecule has 2 unspecified atom stereocenters. The van der Waals surface area contributed by atoms with Crippen molar-refractivity contribution in [2.45, 2.75) is 122 Å². The molecule has 1 aliphatic carbocycles. The lowest BCUT2D eigenvalue weighted by atomic mass is 9.79. The van der Waals surface area contributed by atoms with Gasteiger partial charge in [0.25, 0.3) is 0 Å². The van der Waals surface area contributed by atoms with Gasteiger partial charge in [0.05, 0.1) is 18.4 Å². The highest BCUT2D eigenvalue weighted by molar-refractivity contribution is 5.81. The maximum absolute atomic E-state index is 12.2. The third-order valence-electron chi connectivity index (χ3n) is 6.29. The summed E-state index contributed by atoms with van der Waals surface area (Å²) in [4.78, 5) is 23.5. The number of allylic oxidation sites excluding steroid dienone is 2. The largest absolute Gasteiger partial charge is 0.481 e. The molecule has 1 rings (SSSR count). The first kappa shape index (κ1) is 26.7. The molecule has 1 saturated carbocycles. The molecule has 1 N–H and O–H groups in total. The molecule has 0 bridgehead atoms. The van der Waals surface area contributed by atoms with E-state index in [9.17, 15) is 14.7 Å². The number of hydrogen-bond acceptors (Lipinski definition) is 3. The molecule has 174 valence electrons. The van der Waals surface area contributed by atoms with Crippen molar-refractivity contribution in [2.24, 2.45) is 11.8 Å². The Kier molecular flexibility index (Phi) is 16.4. The van der Waals surface area contributed by atoms with E-state index in [1.807, 2.05) is 0 Å². The first-order valence-corrected chi connectivity index (χ1v) is 12.7. The number of carboxylic acid groups (broad SMARTS) is 1. The number of esters is 1. The van der Waals surface area contributed by atoms with Gasteiger partial charge in [0, 0.05) is 0 Å². The molecular formula is C26H46O4. The van der Waals surface area contributed by atoms with Crippen LogP contribution in [0.25, 0.3) is 0 Å². The molecule has 0 saturated heterocycles. The van der Waals surface area contributed by atoms with Crippen molar-refractivity contribution in [3.63, 3.8) is 0 Å². The minimum Gasteiger partial charge on any atom is -0.481 e. The number of carboxylic acids is 1. The Labute approximate surface area is 184 Å². The summed E-state index contributed by atoms with van der Waals surface area (Å²) in [6.07, 6.45) is 25.3. The summed E-state index contributed by atoms with van der Waals surface area (Å²) < 4.78 is 5.37. The van der Waals surface area contributed by atoms with Gasteiger partial charge in [-0.15, -0.1) is 0 Å². The summed E-state index contributed by atoms with van der Waals surface area (Å²) in [6.45, 7) is 2.69. The number of carbonyl (C=O) groups excluding carboxylic acids is 1. The van der Waals surface area contributed by atoms with Gasteiger partial charge in [0.2, 0.25) is 0 Å². The van der Waals surface area contributed by atoms with Crippen LogP contribution in [0.3, 0.4) is 0 Å². The maximum atomic E-state index is 12.2. The molecule has 4 nitrogen and oxygen atoms in total.